The summed E-state index contributed by atoms with van der Waals surface area (Å²) in [5, 5.41) is 3.97. The van der Waals surface area contributed by atoms with Crippen molar-refractivity contribution in [1.82, 2.24) is 5.43 Å². The predicted molar refractivity (Wildman–Crippen MR) is 119 cm³/mol. The van der Waals surface area contributed by atoms with E-state index in [2.05, 4.69) is 57.3 Å². The Labute approximate surface area is 172 Å². The van der Waals surface area contributed by atoms with Crippen molar-refractivity contribution in [2.45, 2.75) is 92.9 Å². The third-order valence-corrected chi connectivity index (χ3v) is 7.48. The fourth-order valence-corrected chi connectivity index (χ4v) is 5.90. The second-order valence-corrected chi connectivity index (χ2v) is 10.1. The maximum absolute atomic E-state index is 10.7. The average Bonchev–Trinajstić information content (AvgIpc) is 2.58. The molecule has 2 amide bonds. The topological polar surface area (TPSA) is 67.5 Å². The molecule has 2 rings (SSSR count). The Bertz CT molecular complexity index is 659. The summed E-state index contributed by atoms with van der Waals surface area (Å²) in [4.78, 5) is 10.7. The molecule has 3 atom stereocenters. The smallest absolute Gasteiger partial charge is 0.332 e. The second kappa shape index (κ2) is 9.28. The first-order valence-electron chi connectivity index (χ1n) is 11.0. The third kappa shape index (κ3) is 5.48. The van der Waals surface area contributed by atoms with Crippen molar-refractivity contribution in [3.63, 3.8) is 0 Å². The summed E-state index contributed by atoms with van der Waals surface area (Å²) in [6, 6.07) is -0.611. The highest BCUT2D eigenvalue weighted by atomic mass is 16.2. The van der Waals surface area contributed by atoms with Crippen LogP contribution in [0.15, 0.2) is 28.4 Å². The van der Waals surface area contributed by atoms with Gasteiger partial charge in [-0.1, -0.05) is 50.5 Å². The quantitative estimate of drug-likeness (QED) is 0.299. The van der Waals surface area contributed by atoms with Crippen LogP contribution in [0.2, 0.25) is 0 Å². The third-order valence-electron chi connectivity index (χ3n) is 7.48. The molecule has 28 heavy (non-hydrogen) atoms. The van der Waals surface area contributed by atoms with Gasteiger partial charge in [0.1, 0.15) is 0 Å². The lowest BCUT2D eigenvalue weighted by molar-refractivity contribution is -0.0390. The normalized spacial score (nSPS) is 30.4. The number of hydrazone groups is 1. The number of amides is 2. The number of hydrogen-bond acceptors (Lipinski definition) is 2. The summed E-state index contributed by atoms with van der Waals surface area (Å²) in [6.45, 7) is 14.1. The Morgan fingerprint density at radius 1 is 1.29 bits per heavy atom. The molecule has 0 radical (unpaired) electrons. The maximum atomic E-state index is 10.7. The number of nitrogens with one attached hydrogen (secondary N) is 1. The molecule has 3 unspecified atom stereocenters. The van der Waals surface area contributed by atoms with E-state index in [-0.39, 0.29) is 0 Å². The van der Waals surface area contributed by atoms with Crippen LogP contribution in [0.5, 0.6) is 0 Å². The first-order valence-corrected chi connectivity index (χ1v) is 11.0. The molecule has 0 spiro atoms. The monoisotopic (exact) mass is 387 g/mol. The first kappa shape index (κ1) is 22.7. The number of carbonyl (C=O) groups is 1. The Morgan fingerprint density at radius 3 is 2.68 bits per heavy atom. The summed E-state index contributed by atoms with van der Waals surface area (Å²) < 4.78 is 0. The molecule has 0 aromatic rings. The largest absolute Gasteiger partial charge is 0.350 e. The predicted octanol–water partition coefficient (Wildman–Crippen LogP) is 6.34. The van der Waals surface area contributed by atoms with E-state index in [9.17, 15) is 4.79 Å². The first-order chi connectivity index (χ1) is 13.1. The fraction of sp³-hybridized carbons (Fsp3) is 0.750. The number of fused-ring (bicyclic) bond motifs is 1. The molecular formula is C24H41N3O. The van der Waals surface area contributed by atoms with E-state index < -0.39 is 6.03 Å². The minimum atomic E-state index is -0.611. The van der Waals surface area contributed by atoms with E-state index in [0.717, 1.165) is 30.9 Å². The Morgan fingerprint density at radius 2 is 2.00 bits per heavy atom. The molecule has 0 aromatic carbocycles. The van der Waals surface area contributed by atoms with Gasteiger partial charge in [-0.15, -0.1) is 0 Å². The van der Waals surface area contributed by atoms with Crippen molar-refractivity contribution in [2.75, 3.05) is 0 Å². The van der Waals surface area contributed by atoms with Gasteiger partial charge in [-0.3, -0.25) is 0 Å². The van der Waals surface area contributed by atoms with Gasteiger partial charge in [0.25, 0.3) is 0 Å². The number of allylic oxidation sites excluding steroid dienone is 4. The summed E-state index contributed by atoms with van der Waals surface area (Å²) in [5.41, 5.74) is 12.2. The van der Waals surface area contributed by atoms with Crippen LogP contribution in [0.4, 0.5) is 4.79 Å². The van der Waals surface area contributed by atoms with Crippen LogP contribution in [0.3, 0.4) is 0 Å². The van der Waals surface area contributed by atoms with Crippen LogP contribution in [0, 0.1) is 22.7 Å². The molecule has 0 saturated heterocycles. The average molecular weight is 388 g/mol. The van der Waals surface area contributed by atoms with Gasteiger partial charge in [0.15, 0.2) is 0 Å². The van der Waals surface area contributed by atoms with Gasteiger partial charge in [-0.25, -0.2) is 10.2 Å². The molecule has 4 heteroatoms. The molecule has 2 aliphatic carbocycles. The molecule has 1 fully saturated rings. The number of carbonyl (C=O) groups excluding carboxylic acids is 1. The molecular weight excluding hydrogens is 346 g/mol. The van der Waals surface area contributed by atoms with Crippen molar-refractivity contribution >= 4 is 11.7 Å². The van der Waals surface area contributed by atoms with Gasteiger partial charge in [-0.2, -0.15) is 5.10 Å². The molecule has 158 valence electrons. The minimum absolute atomic E-state index is 0.449. The SMILES string of the molecule is CC(=CCCC(C)=NNC(N)=O)CCC1C(C)=CCC2C(C)(C)CCCC12C. The lowest BCUT2D eigenvalue weighted by atomic mass is 9.48. The van der Waals surface area contributed by atoms with Crippen molar-refractivity contribution in [3.05, 3.63) is 23.3 Å². The van der Waals surface area contributed by atoms with E-state index in [1.165, 1.54) is 37.7 Å². The highest BCUT2D eigenvalue weighted by molar-refractivity contribution is 5.83. The van der Waals surface area contributed by atoms with Crippen LogP contribution in [-0.2, 0) is 0 Å². The number of primary amides is 1. The zero-order valence-corrected chi connectivity index (χ0v) is 18.9. The highest BCUT2D eigenvalue weighted by Gasteiger charge is 2.51. The zero-order chi connectivity index (χ0) is 20.9. The van der Waals surface area contributed by atoms with E-state index >= 15 is 0 Å². The molecule has 0 bridgehead atoms. The number of urea groups is 1. The molecule has 0 heterocycles. The van der Waals surface area contributed by atoms with Gasteiger partial charge in [0.2, 0.25) is 0 Å². The van der Waals surface area contributed by atoms with Gasteiger partial charge >= 0.3 is 6.03 Å². The van der Waals surface area contributed by atoms with Gasteiger partial charge in [0, 0.05) is 5.71 Å². The Hall–Kier alpha value is -1.58. The van der Waals surface area contributed by atoms with Crippen LogP contribution in [0.1, 0.15) is 92.9 Å². The highest BCUT2D eigenvalue weighted by Crippen LogP contribution is 2.60. The molecule has 2 aliphatic rings. The summed E-state index contributed by atoms with van der Waals surface area (Å²) >= 11 is 0. The van der Waals surface area contributed by atoms with E-state index in [4.69, 9.17) is 5.73 Å². The van der Waals surface area contributed by atoms with E-state index in [0.29, 0.717) is 16.7 Å². The Kier molecular flexibility index (Phi) is 7.52. The number of nitrogens with two attached hydrogens (primary N) is 1. The molecule has 3 N–H and O–H groups in total. The number of rotatable bonds is 7. The van der Waals surface area contributed by atoms with Crippen molar-refractivity contribution < 1.29 is 4.79 Å². The summed E-state index contributed by atoms with van der Waals surface area (Å²) in [6.07, 6.45) is 14.5. The van der Waals surface area contributed by atoms with Crippen molar-refractivity contribution in [2.24, 2.45) is 33.5 Å². The maximum Gasteiger partial charge on any atom is 0.332 e. The molecule has 0 aliphatic heterocycles. The van der Waals surface area contributed by atoms with Gasteiger partial charge in [-0.05, 0) is 88.4 Å². The van der Waals surface area contributed by atoms with Crippen molar-refractivity contribution in [3.8, 4) is 0 Å². The van der Waals surface area contributed by atoms with Gasteiger partial charge in [0.05, 0.1) is 0 Å². The molecule has 4 nitrogen and oxygen atoms in total. The molecule has 1 saturated carbocycles. The fourth-order valence-electron chi connectivity index (χ4n) is 5.90. The Balaban J connectivity index is 1.95. The summed E-state index contributed by atoms with van der Waals surface area (Å²) in [5.74, 6) is 1.51. The van der Waals surface area contributed by atoms with Gasteiger partial charge < -0.3 is 5.73 Å². The van der Waals surface area contributed by atoms with Crippen LogP contribution >= 0.6 is 0 Å². The lowest BCUT2D eigenvalue weighted by Crippen LogP contribution is -2.48. The minimum Gasteiger partial charge on any atom is -0.350 e. The summed E-state index contributed by atoms with van der Waals surface area (Å²) in [7, 11) is 0. The molecule has 0 aromatic heterocycles. The zero-order valence-electron chi connectivity index (χ0n) is 18.9. The van der Waals surface area contributed by atoms with E-state index in [1.54, 1.807) is 5.57 Å². The van der Waals surface area contributed by atoms with Crippen LogP contribution in [0.25, 0.3) is 0 Å². The second-order valence-electron chi connectivity index (χ2n) is 10.1. The number of nitrogens with zero attached hydrogens (tertiary/aromatic N) is 1. The standard InChI is InChI=1S/C24H41N3O/c1-17(9-7-10-19(3)26-27-22(25)28)11-13-20-18(2)12-14-21-23(4,5)15-8-16-24(20,21)6/h9,12,20-21H,7-8,10-11,13-16H2,1-6H3,(H3,25,27,28). The van der Waals surface area contributed by atoms with Crippen LogP contribution < -0.4 is 11.2 Å². The van der Waals surface area contributed by atoms with E-state index in [1.807, 2.05) is 6.92 Å². The van der Waals surface area contributed by atoms with Crippen LogP contribution in [-0.4, -0.2) is 11.7 Å². The van der Waals surface area contributed by atoms with Crippen molar-refractivity contribution in [1.29, 1.82) is 0 Å². The number of hydrogen-bond donors (Lipinski definition) is 2. The lowest BCUT2D eigenvalue weighted by Gasteiger charge is -2.57.